The highest BCUT2D eigenvalue weighted by molar-refractivity contribution is 5.67. The van der Waals surface area contributed by atoms with Crippen LogP contribution in [0.1, 0.15) is 12.8 Å². The van der Waals surface area contributed by atoms with Gasteiger partial charge in [-0.3, -0.25) is 4.79 Å². The van der Waals surface area contributed by atoms with Crippen molar-refractivity contribution in [1.82, 2.24) is 0 Å². The summed E-state index contributed by atoms with van der Waals surface area (Å²) in [4.78, 5) is 10.2. The van der Waals surface area contributed by atoms with Crippen molar-refractivity contribution >= 4 is 5.97 Å². The molecule has 0 saturated carbocycles. The lowest BCUT2D eigenvalue weighted by Crippen LogP contribution is -2.16. The highest BCUT2D eigenvalue weighted by Gasteiger charge is 2.22. The molecule has 0 aromatic carbocycles. The van der Waals surface area contributed by atoms with Crippen LogP contribution in [0.25, 0.3) is 0 Å². The second kappa shape index (κ2) is 2.84. The first kappa shape index (κ1) is 7.28. The Bertz CT molecular complexity index is 162. The summed E-state index contributed by atoms with van der Waals surface area (Å²) in [7, 11) is 0. The van der Waals surface area contributed by atoms with Gasteiger partial charge >= 0.3 is 5.97 Å². The highest BCUT2D eigenvalue weighted by Crippen LogP contribution is 2.20. The standard InChI is InChI=1S/C7H10O3/c8-6-3-1-2-5(6)4-7(9)10/h1-2,5-6,8H,3-4H2,(H,9,10)/t5-,6+/m1/s1. The van der Waals surface area contributed by atoms with E-state index in [2.05, 4.69) is 0 Å². The van der Waals surface area contributed by atoms with Crippen molar-refractivity contribution in [1.29, 1.82) is 0 Å². The number of aliphatic hydroxyl groups excluding tert-OH is 1. The molecule has 0 aromatic rings. The lowest BCUT2D eigenvalue weighted by molar-refractivity contribution is -0.138. The molecular weight excluding hydrogens is 132 g/mol. The van der Waals surface area contributed by atoms with E-state index in [9.17, 15) is 4.79 Å². The zero-order valence-corrected chi connectivity index (χ0v) is 5.53. The van der Waals surface area contributed by atoms with Gasteiger partial charge in [-0.2, -0.15) is 0 Å². The zero-order valence-electron chi connectivity index (χ0n) is 5.53. The van der Waals surface area contributed by atoms with E-state index in [0.29, 0.717) is 6.42 Å². The molecule has 0 spiro atoms. The number of hydrogen-bond donors (Lipinski definition) is 2. The summed E-state index contributed by atoms with van der Waals surface area (Å²) in [5, 5.41) is 17.5. The molecule has 0 unspecified atom stereocenters. The number of aliphatic carboxylic acids is 1. The summed E-state index contributed by atoms with van der Waals surface area (Å²) in [5.41, 5.74) is 0. The molecule has 0 fully saturated rings. The molecule has 0 bridgehead atoms. The van der Waals surface area contributed by atoms with Crippen molar-refractivity contribution in [2.75, 3.05) is 0 Å². The van der Waals surface area contributed by atoms with Gasteiger partial charge in [0.05, 0.1) is 12.5 Å². The second-order valence-electron chi connectivity index (χ2n) is 2.49. The van der Waals surface area contributed by atoms with Crippen molar-refractivity contribution in [2.45, 2.75) is 18.9 Å². The van der Waals surface area contributed by atoms with Gasteiger partial charge in [-0.05, 0) is 6.42 Å². The molecule has 2 N–H and O–H groups in total. The third kappa shape index (κ3) is 1.57. The molecule has 3 heteroatoms. The number of carboxylic acid groups (broad SMARTS) is 1. The van der Waals surface area contributed by atoms with Gasteiger partial charge in [-0.1, -0.05) is 12.2 Å². The van der Waals surface area contributed by atoms with Crippen LogP contribution in [0.3, 0.4) is 0 Å². The number of carboxylic acids is 1. The monoisotopic (exact) mass is 142 g/mol. The molecule has 3 nitrogen and oxygen atoms in total. The molecule has 10 heavy (non-hydrogen) atoms. The quantitative estimate of drug-likeness (QED) is 0.548. The van der Waals surface area contributed by atoms with Gasteiger partial charge in [0.1, 0.15) is 0 Å². The van der Waals surface area contributed by atoms with E-state index >= 15 is 0 Å². The number of hydrogen-bond acceptors (Lipinski definition) is 2. The Hall–Kier alpha value is -0.830. The minimum atomic E-state index is -0.851. The Labute approximate surface area is 59.0 Å². The van der Waals surface area contributed by atoms with Crippen molar-refractivity contribution in [2.24, 2.45) is 5.92 Å². The SMILES string of the molecule is O=C(O)C[C@H]1C=CC[C@@H]1O. The Morgan fingerprint density at radius 1 is 1.70 bits per heavy atom. The molecule has 1 aliphatic carbocycles. The fraction of sp³-hybridized carbons (Fsp3) is 0.571. The predicted molar refractivity (Wildman–Crippen MR) is 35.5 cm³/mol. The van der Waals surface area contributed by atoms with Crippen molar-refractivity contribution in [3.05, 3.63) is 12.2 Å². The second-order valence-corrected chi connectivity index (χ2v) is 2.49. The Morgan fingerprint density at radius 2 is 2.40 bits per heavy atom. The maximum atomic E-state index is 10.2. The van der Waals surface area contributed by atoms with Crippen LogP contribution in [0.15, 0.2) is 12.2 Å². The molecule has 0 radical (unpaired) electrons. The lowest BCUT2D eigenvalue weighted by Gasteiger charge is -2.09. The number of rotatable bonds is 2. The summed E-state index contributed by atoms with van der Waals surface area (Å²) in [5.74, 6) is -1.02. The summed E-state index contributed by atoms with van der Waals surface area (Å²) in [6.07, 6.45) is 3.74. The summed E-state index contributed by atoms with van der Waals surface area (Å²) >= 11 is 0. The van der Waals surface area contributed by atoms with Crippen LogP contribution >= 0.6 is 0 Å². The van der Waals surface area contributed by atoms with Gasteiger partial charge in [0.2, 0.25) is 0 Å². The molecule has 56 valence electrons. The van der Waals surface area contributed by atoms with E-state index < -0.39 is 12.1 Å². The molecule has 1 aliphatic rings. The average Bonchev–Trinajstić information content (AvgIpc) is 2.15. The van der Waals surface area contributed by atoms with Crippen LogP contribution in [-0.4, -0.2) is 22.3 Å². The topological polar surface area (TPSA) is 57.5 Å². The maximum Gasteiger partial charge on any atom is 0.304 e. The van der Waals surface area contributed by atoms with Gasteiger partial charge in [0.25, 0.3) is 0 Å². The number of aliphatic hydroxyl groups is 1. The van der Waals surface area contributed by atoms with Crippen LogP contribution in [0, 0.1) is 5.92 Å². The largest absolute Gasteiger partial charge is 0.481 e. The highest BCUT2D eigenvalue weighted by atomic mass is 16.4. The molecule has 2 atom stereocenters. The van der Waals surface area contributed by atoms with Crippen LogP contribution in [0.2, 0.25) is 0 Å². The lowest BCUT2D eigenvalue weighted by atomic mass is 10.0. The summed E-state index contributed by atoms with van der Waals surface area (Å²) < 4.78 is 0. The fourth-order valence-corrected chi connectivity index (χ4v) is 1.10. The van der Waals surface area contributed by atoms with E-state index in [1.165, 1.54) is 0 Å². The molecule has 0 heterocycles. The first-order chi connectivity index (χ1) is 4.70. The third-order valence-corrected chi connectivity index (χ3v) is 1.67. The Kier molecular flexibility index (Phi) is 2.06. The molecule has 1 rings (SSSR count). The maximum absolute atomic E-state index is 10.2. The van der Waals surface area contributed by atoms with Crippen molar-refractivity contribution < 1.29 is 15.0 Å². The third-order valence-electron chi connectivity index (χ3n) is 1.67. The molecular formula is C7H10O3. The van der Waals surface area contributed by atoms with E-state index in [1.807, 2.05) is 6.08 Å². The van der Waals surface area contributed by atoms with Crippen molar-refractivity contribution in [3.8, 4) is 0 Å². The molecule has 0 aromatic heterocycles. The smallest absolute Gasteiger partial charge is 0.304 e. The molecule has 0 amide bonds. The minimum absolute atomic E-state index is 0.0394. The molecule has 0 saturated heterocycles. The Morgan fingerprint density at radius 3 is 2.80 bits per heavy atom. The van der Waals surface area contributed by atoms with E-state index in [4.69, 9.17) is 10.2 Å². The van der Waals surface area contributed by atoms with E-state index in [-0.39, 0.29) is 12.3 Å². The van der Waals surface area contributed by atoms with Gasteiger partial charge in [0, 0.05) is 5.92 Å². The van der Waals surface area contributed by atoms with Gasteiger partial charge in [-0.25, -0.2) is 0 Å². The van der Waals surface area contributed by atoms with E-state index in [0.717, 1.165) is 0 Å². The minimum Gasteiger partial charge on any atom is -0.481 e. The molecule has 0 aliphatic heterocycles. The fourth-order valence-electron chi connectivity index (χ4n) is 1.10. The number of carbonyl (C=O) groups is 1. The predicted octanol–water partition coefficient (Wildman–Crippen LogP) is 0.398. The van der Waals surface area contributed by atoms with Crippen LogP contribution < -0.4 is 0 Å². The first-order valence-electron chi connectivity index (χ1n) is 3.26. The van der Waals surface area contributed by atoms with Crippen LogP contribution in [0.4, 0.5) is 0 Å². The van der Waals surface area contributed by atoms with Gasteiger partial charge < -0.3 is 10.2 Å². The van der Waals surface area contributed by atoms with Gasteiger partial charge in [-0.15, -0.1) is 0 Å². The average molecular weight is 142 g/mol. The zero-order chi connectivity index (χ0) is 7.56. The summed E-state index contributed by atoms with van der Waals surface area (Å²) in [6.45, 7) is 0. The Balaban J connectivity index is 2.40. The summed E-state index contributed by atoms with van der Waals surface area (Å²) in [6, 6.07) is 0. The van der Waals surface area contributed by atoms with Crippen LogP contribution in [-0.2, 0) is 4.79 Å². The normalized spacial score (nSPS) is 30.9. The van der Waals surface area contributed by atoms with Gasteiger partial charge in [0.15, 0.2) is 0 Å². The van der Waals surface area contributed by atoms with Crippen LogP contribution in [0.5, 0.6) is 0 Å². The van der Waals surface area contributed by atoms with E-state index in [1.54, 1.807) is 6.08 Å². The first-order valence-corrected chi connectivity index (χ1v) is 3.26. The van der Waals surface area contributed by atoms with Crippen molar-refractivity contribution in [3.63, 3.8) is 0 Å².